The molecule has 1 unspecified atom stereocenters. The van der Waals surface area contributed by atoms with Crippen molar-refractivity contribution in [3.05, 3.63) is 0 Å². The van der Waals surface area contributed by atoms with E-state index >= 15 is 0 Å². The third-order valence-corrected chi connectivity index (χ3v) is 2.54. The molecule has 4 nitrogen and oxygen atoms in total. The molecule has 98 valence electrons. The zero-order valence-electron chi connectivity index (χ0n) is 11.0. The van der Waals surface area contributed by atoms with Gasteiger partial charge in [0, 0.05) is 13.7 Å². The number of ether oxygens (including phenoxy) is 3. The monoisotopic (exact) mass is 233 g/mol. The van der Waals surface area contributed by atoms with E-state index in [1.165, 1.54) is 6.42 Å². The molecule has 0 saturated carbocycles. The molecule has 0 aliphatic heterocycles. The summed E-state index contributed by atoms with van der Waals surface area (Å²) in [4.78, 5) is 0. The van der Waals surface area contributed by atoms with E-state index in [2.05, 4.69) is 12.2 Å². The van der Waals surface area contributed by atoms with E-state index in [1.54, 1.807) is 7.11 Å². The van der Waals surface area contributed by atoms with Gasteiger partial charge < -0.3 is 19.5 Å². The minimum atomic E-state index is 0.650. The first-order valence-electron chi connectivity index (χ1n) is 6.14. The fourth-order valence-electron chi connectivity index (χ4n) is 1.45. The molecule has 1 N–H and O–H groups in total. The zero-order valence-corrected chi connectivity index (χ0v) is 11.0. The number of hydrogen-bond acceptors (Lipinski definition) is 4. The molecule has 1 atom stereocenters. The molecule has 0 bridgehead atoms. The standard InChI is InChI=1S/C12H27NO3/c1-4-12(11-13-2)5-6-15-9-10-16-8-7-14-3/h12-13H,4-11H2,1-3H3. The molecule has 0 aliphatic carbocycles. The fraction of sp³-hybridized carbons (Fsp3) is 1.00. The van der Waals surface area contributed by atoms with E-state index < -0.39 is 0 Å². The van der Waals surface area contributed by atoms with Crippen LogP contribution >= 0.6 is 0 Å². The Bertz CT molecular complexity index is 133. The van der Waals surface area contributed by atoms with Gasteiger partial charge in [-0.1, -0.05) is 13.3 Å². The number of hydrogen-bond donors (Lipinski definition) is 1. The molecule has 0 aromatic heterocycles. The largest absolute Gasteiger partial charge is 0.382 e. The third-order valence-electron chi connectivity index (χ3n) is 2.54. The summed E-state index contributed by atoms with van der Waals surface area (Å²) in [6, 6.07) is 0. The molecule has 0 radical (unpaired) electrons. The lowest BCUT2D eigenvalue weighted by Crippen LogP contribution is -2.20. The maximum Gasteiger partial charge on any atom is 0.0701 e. The van der Waals surface area contributed by atoms with Crippen molar-refractivity contribution in [1.82, 2.24) is 5.32 Å². The Labute approximate surface area is 99.6 Å². The highest BCUT2D eigenvalue weighted by molar-refractivity contribution is 4.58. The summed E-state index contributed by atoms with van der Waals surface area (Å²) in [5, 5.41) is 3.20. The molecule has 0 amide bonds. The predicted octanol–water partition coefficient (Wildman–Crippen LogP) is 1.30. The highest BCUT2D eigenvalue weighted by Gasteiger charge is 2.04. The van der Waals surface area contributed by atoms with Crippen molar-refractivity contribution >= 4 is 0 Å². The molecule has 4 heteroatoms. The van der Waals surface area contributed by atoms with Gasteiger partial charge in [-0.05, 0) is 25.9 Å². The SMILES string of the molecule is CCC(CCOCCOCCOC)CNC. The number of methoxy groups -OCH3 is 1. The molecule has 0 aliphatic rings. The Hall–Kier alpha value is -0.160. The van der Waals surface area contributed by atoms with Crippen molar-refractivity contribution in [3.63, 3.8) is 0 Å². The van der Waals surface area contributed by atoms with Crippen LogP contribution in [-0.4, -0.2) is 53.7 Å². The van der Waals surface area contributed by atoms with Gasteiger partial charge in [-0.2, -0.15) is 0 Å². The van der Waals surface area contributed by atoms with E-state index in [1.807, 2.05) is 7.05 Å². The molecule has 0 aromatic rings. The lowest BCUT2D eigenvalue weighted by Gasteiger charge is -2.14. The fourth-order valence-corrected chi connectivity index (χ4v) is 1.45. The summed E-state index contributed by atoms with van der Waals surface area (Å²) >= 11 is 0. The highest BCUT2D eigenvalue weighted by Crippen LogP contribution is 2.06. The Morgan fingerprint density at radius 3 is 2.19 bits per heavy atom. The smallest absolute Gasteiger partial charge is 0.0701 e. The van der Waals surface area contributed by atoms with Gasteiger partial charge in [-0.3, -0.25) is 0 Å². The van der Waals surface area contributed by atoms with E-state index in [-0.39, 0.29) is 0 Å². The summed E-state index contributed by atoms with van der Waals surface area (Å²) in [7, 11) is 3.67. The molecule has 0 rings (SSSR count). The number of nitrogens with one attached hydrogen (secondary N) is 1. The zero-order chi connectivity index (χ0) is 12.1. The molecule has 0 aromatic carbocycles. The van der Waals surface area contributed by atoms with E-state index in [9.17, 15) is 0 Å². The summed E-state index contributed by atoms with van der Waals surface area (Å²) < 4.78 is 15.7. The first-order valence-corrected chi connectivity index (χ1v) is 6.14. The second-order valence-corrected chi connectivity index (χ2v) is 3.84. The minimum absolute atomic E-state index is 0.650. The lowest BCUT2D eigenvalue weighted by molar-refractivity contribution is 0.0218. The molecular weight excluding hydrogens is 206 g/mol. The van der Waals surface area contributed by atoms with Crippen LogP contribution in [0.4, 0.5) is 0 Å². The van der Waals surface area contributed by atoms with Gasteiger partial charge in [0.1, 0.15) is 0 Å². The third kappa shape index (κ3) is 10.4. The Balaban J connectivity index is 3.12. The average molecular weight is 233 g/mol. The maximum absolute atomic E-state index is 5.50. The van der Waals surface area contributed by atoms with E-state index in [4.69, 9.17) is 14.2 Å². The first kappa shape index (κ1) is 15.8. The Morgan fingerprint density at radius 1 is 1.00 bits per heavy atom. The summed E-state index contributed by atoms with van der Waals surface area (Å²) in [6.45, 7) is 6.76. The summed E-state index contributed by atoms with van der Waals surface area (Å²) in [6.07, 6.45) is 2.32. The normalized spacial score (nSPS) is 12.9. The van der Waals surface area contributed by atoms with Gasteiger partial charge in [0.2, 0.25) is 0 Å². The molecule has 0 saturated heterocycles. The molecule has 0 fully saturated rings. The number of rotatable bonds is 12. The molecule has 0 heterocycles. The second-order valence-electron chi connectivity index (χ2n) is 3.84. The molecule has 16 heavy (non-hydrogen) atoms. The van der Waals surface area contributed by atoms with Crippen molar-refractivity contribution in [2.75, 3.05) is 53.7 Å². The second kappa shape index (κ2) is 12.9. The van der Waals surface area contributed by atoms with Crippen molar-refractivity contribution < 1.29 is 14.2 Å². The highest BCUT2D eigenvalue weighted by atomic mass is 16.5. The van der Waals surface area contributed by atoms with Gasteiger partial charge in [0.05, 0.1) is 26.4 Å². The molecule has 0 spiro atoms. The van der Waals surface area contributed by atoms with Crippen molar-refractivity contribution in [2.45, 2.75) is 19.8 Å². The first-order chi connectivity index (χ1) is 7.85. The lowest BCUT2D eigenvalue weighted by atomic mass is 10.0. The predicted molar refractivity (Wildman–Crippen MR) is 65.8 cm³/mol. The van der Waals surface area contributed by atoms with Crippen LogP contribution in [0.25, 0.3) is 0 Å². The summed E-state index contributed by atoms with van der Waals surface area (Å²) in [5.41, 5.74) is 0. The van der Waals surface area contributed by atoms with Crippen molar-refractivity contribution in [3.8, 4) is 0 Å². The maximum atomic E-state index is 5.50. The van der Waals surface area contributed by atoms with Gasteiger partial charge >= 0.3 is 0 Å². The van der Waals surface area contributed by atoms with Crippen LogP contribution in [-0.2, 0) is 14.2 Å². The van der Waals surface area contributed by atoms with Crippen LogP contribution < -0.4 is 5.32 Å². The van der Waals surface area contributed by atoms with Crippen molar-refractivity contribution in [2.24, 2.45) is 5.92 Å². The van der Waals surface area contributed by atoms with Crippen molar-refractivity contribution in [1.29, 1.82) is 0 Å². The summed E-state index contributed by atoms with van der Waals surface area (Å²) in [5.74, 6) is 0.722. The van der Waals surface area contributed by atoms with Crippen LogP contribution in [0.3, 0.4) is 0 Å². The van der Waals surface area contributed by atoms with Crippen LogP contribution in [0.1, 0.15) is 19.8 Å². The van der Waals surface area contributed by atoms with Crippen LogP contribution in [0, 0.1) is 5.92 Å². The van der Waals surface area contributed by atoms with Crippen LogP contribution in [0.2, 0.25) is 0 Å². The quantitative estimate of drug-likeness (QED) is 0.516. The van der Waals surface area contributed by atoms with E-state index in [0.29, 0.717) is 26.4 Å². The Morgan fingerprint density at radius 2 is 1.62 bits per heavy atom. The van der Waals surface area contributed by atoms with Crippen LogP contribution in [0.15, 0.2) is 0 Å². The van der Waals surface area contributed by atoms with Gasteiger partial charge in [0.15, 0.2) is 0 Å². The van der Waals surface area contributed by atoms with Gasteiger partial charge in [-0.25, -0.2) is 0 Å². The van der Waals surface area contributed by atoms with E-state index in [0.717, 1.165) is 25.5 Å². The minimum Gasteiger partial charge on any atom is -0.382 e. The van der Waals surface area contributed by atoms with Crippen LogP contribution in [0.5, 0.6) is 0 Å². The van der Waals surface area contributed by atoms with Gasteiger partial charge in [0.25, 0.3) is 0 Å². The average Bonchev–Trinajstić information content (AvgIpc) is 2.31. The Kier molecular flexibility index (Phi) is 12.8. The topological polar surface area (TPSA) is 39.7 Å². The van der Waals surface area contributed by atoms with Gasteiger partial charge in [-0.15, -0.1) is 0 Å². The molecular formula is C12H27NO3.